The van der Waals surface area contributed by atoms with E-state index in [1.165, 1.54) is 18.2 Å². The average molecular weight is 503 g/mol. The van der Waals surface area contributed by atoms with Gasteiger partial charge in [0.25, 0.3) is 0 Å². The van der Waals surface area contributed by atoms with Crippen molar-refractivity contribution in [2.75, 3.05) is 37.7 Å². The highest BCUT2D eigenvalue weighted by molar-refractivity contribution is 6.42. The van der Waals surface area contributed by atoms with Crippen LogP contribution in [-0.4, -0.2) is 32.2 Å². The molecule has 0 spiro atoms. The van der Waals surface area contributed by atoms with Crippen molar-refractivity contribution in [2.45, 2.75) is 6.42 Å². The number of nitrogens with zero attached hydrogens (tertiary/aromatic N) is 1. The summed E-state index contributed by atoms with van der Waals surface area (Å²) in [6, 6.07) is 10.3. The lowest BCUT2D eigenvalue weighted by Crippen LogP contribution is -2.10. The number of halogens is 2. The first-order valence-corrected chi connectivity index (χ1v) is 10.8. The third-order valence-corrected chi connectivity index (χ3v) is 5.50. The summed E-state index contributed by atoms with van der Waals surface area (Å²) in [6.45, 7) is 0. The molecule has 10 heteroatoms. The second kappa shape index (κ2) is 11.5. The van der Waals surface area contributed by atoms with Crippen LogP contribution >= 0.6 is 23.2 Å². The molecule has 1 amide bonds. The summed E-state index contributed by atoms with van der Waals surface area (Å²) < 4.78 is 16.2. The molecule has 0 radical (unpaired) electrons. The smallest absolute Gasteiger partial charge is 0.248 e. The maximum Gasteiger partial charge on any atom is 0.248 e. The molecular weight excluding hydrogens is 479 g/mol. The summed E-state index contributed by atoms with van der Waals surface area (Å²) in [4.78, 5) is 16.7. The van der Waals surface area contributed by atoms with Gasteiger partial charge in [-0.05, 0) is 36.3 Å². The zero-order valence-electron chi connectivity index (χ0n) is 18.8. The van der Waals surface area contributed by atoms with Crippen LogP contribution in [0.2, 0.25) is 10.0 Å². The first-order valence-electron chi connectivity index (χ1n) is 10.1. The number of carbonyl (C=O) groups is 1. The third-order valence-electron chi connectivity index (χ3n) is 4.78. The number of nitrogen functional groups attached to an aromatic ring is 1. The predicted molar refractivity (Wildman–Crippen MR) is 136 cm³/mol. The lowest BCUT2D eigenvalue weighted by molar-refractivity contribution is -0.111. The van der Waals surface area contributed by atoms with Gasteiger partial charge in [-0.25, -0.2) is 4.98 Å². The molecule has 1 heterocycles. The van der Waals surface area contributed by atoms with Crippen LogP contribution in [0, 0.1) is 0 Å². The second-order valence-electron chi connectivity index (χ2n) is 7.00. The van der Waals surface area contributed by atoms with Crippen molar-refractivity contribution in [1.29, 1.82) is 0 Å². The summed E-state index contributed by atoms with van der Waals surface area (Å²) in [5, 5.41) is 6.57. The summed E-state index contributed by atoms with van der Waals surface area (Å²) in [5.41, 5.74) is 8.16. The van der Waals surface area contributed by atoms with E-state index in [1.807, 2.05) is 12.1 Å². The quantitative estimate of drug-likeness (QED) is 0.262. The number of aromatic nitrogens is 1. The number of anilines is 4. The van der Waals surface area contributed by atoms with E-state index in [2.05, 4.69) is 15.6 Å². The molecule has 3 rings (SSSR count). The number of amides is 1. The zero-order chi connectivity index (χ0) is 24.7. The maximum atomic E-state index is 12.3. The largest absolute Gasteiger partial charge is 0.493 e. The standard InChI is InChI=1S/C24H24Cl2N4O4/c1-32-20-10-15(11-21(33-2)23(20)34-3)29-24-14(7-5-9-28-24)6-4-8-22(31)30-19-13-17(26)16(25)12-18(19)27/h4-5,7-13H,6,27H2,1-3H3,(H,28,29)(H,30,31)/b8-4+. The minimum Gasteiger partial charge on any atom is -0.493 e. The van der Waals surface area contributed by atoms with Gasteiger partial charge in [0, 0.05) is 24.0 Å². The number of rotatable bonds is 9. The molecular formula is C24H24Cl2N4O4. The number of hydrogen-bond donors (Lipinski definition) is 3. The summed E-state index contributed by atoms with van der Waals surface area (Å²) in [6.07, 6.45) is 5.26. The zero-order valence-corrected chi connectivity index (χ0v) is 20.3. The Morgan fingerprint density at radius 3 is 2.38 bits per heavy atom. The van der Waals surface area contributed by atoms with Crippen LogP contribution in [0.4, 0.5) is 22.9 Å². The number of methoxy groups -OCH3 is 3. The highest BCUT2D eigenvalue weighted by Gasteiger charge is 2.14. The van der Waals surface area contributed by atoms with Crippen LogP contribution in [0.15, 0.2) is 54.7 Å². The highest BCUT2D eigenvalue weighted by atomic mass is 35.5. The Bertz CT molecular complexity index is 1190. The van der Waals surface area contributed by atoms with Crippen LogP contribution in [0.5, 0.6) is 17.2 Å². The minimum atomic E-state index is -0.354. The van der Waals surface area contributed by atoms with Crippen molar-refractivity contribution in [1.82, 2.24) is 4.98 Å². The van der Waals surface area contributed by atoms with Gasteiger partial charge in [-0.15, -0.1) is 0 Å². The summed E-state index contributed by atoms with van der Waals surface area (Å²) in [7, 11) is 4.64. The summed E-state index contributed by atoms with van der Waals surface area (Å²) in [5.74, 6) is 1.79. The van der Waals surface area contributed by atoms with Gasteiger partial charge < -0.3 is 30.6 Å². The fourth-order valence-electron chi connectivity index (χ4n) is 3.14. The Kier molecular flexibility index (Phi) is 8.45. The van der Waals surface area contributed by atoms with E-state index >= 15 is 0 Å². The molecule has 0 fully saturated rings. The van der Waals surface area contributed by atoms with E-state index in [4.69, 9.17) is 43.1 Å². The molecule has 1 aromatic heterocycles. The first kappa shape index (κ1) is 25.0. The molecule has 2 aromatic carbocycles. The second-order valence-corrected chi connectivity index (χ2v) is 7.81. The van der Waals surface area contributed by atoms with Crippen molar-refractivity contribution in [3.05, 3.63) is 70.4 Å². The van der Waals surface area contributed by atoms with Gasteiger partial charge in [0.05, 0.1) is 42.7 Å². The molecule has 0 unspecified atom stereocenters. The van der Waals surface area contributed by atoms with Crippen molar-refractivity contribution < 1.29 is 19.0 Å². The van der Waals surface area contributed by atoms with Crippen LogP contribution in [0.1, 0.15) is 5.56 Å². The number of hydrogen-bond acceptors (Lipinski definition) is 7. The Hall–Kier alpha value is -3.62. The molecule has 0 bridgehead atoms. The van der Waals surface area contributed by atoms with Gasteiger partial charge in [-0.1, -0.05) is 35.3 Å². The van der Waals surface area contributed by atoms with Crippen molar-refractivity contribution in [2.24, 2.45) is 0 Å². The molecule has 4 N–H and O–H groups in total. The molecule has 0 saturated carbocycles. The lowest BCUT2D eigenvalue weighted by atomic mass is 10.1. The van der Waals surface area contributed by atoms with Gasteiger partial charge in [-0.3, -0.25) is 4.79 Å². The average Bonchev–Trinajstić information content (AvgIpc) is 2.82. The van der Waals surface area contributed by atoms with Crippen LogP contribution in [0.25, 0.3) is 0 Å². The molecule has 34 heavy (non-hydrogen) atoms. The number of nitrogens with one attached hydrogen (secondary N) is 2. The molecule has 8 nitrogen and oxygen atoms in total. The number of carbonyl (C=O) groups excluding carboxylic acids is 1. The van der Waals surface area contributed by atoms with Crippen LogP contribution in [-0.2, 0) is 11.2 Å². The van der Waals surface area contributed by atoms with Gasteiger partial charge >= 0.3 is 0 Å². The maximum absolute atomic E-state index is 12.3. The van der Waals surface area contributed by atoms with E-state index in [1.54, 1.807) is 45.7 Å². The van der Waals surface area contributed by atoms with E-state index < -0.39 is 0 Å². The van der Waals surface area contributed by atoms with Crippen molar-refractivity contribution in [3.8, 4) is 17.2 Å². The molecule has 0 atom stereocenters. The predicted octanol–water partition coefficient (Wildman–Crippen LogP) is 5.48. The first-order chi connectivity index (χ1) is 16.4. The Morgan fingerprint density at radius 2 is 1.74 bits per heavy atom. The number of benzene rings is 2. The molecule has 178 valence electrons. The fraction of sp³-hybridized carbons (Fsp3) is 0.167. The van der Waals surface area contributed by atoms with Gasteiger partial charge in [0.1, 0.15) is 5.82 Å². The molecule has 0 aliphatic heterocycles. The lowest BCUT2D eigenvalue weighted by Gasteiger charge is -2.15. The minimum absolute atomic E-state index is 0.299. The van der Waals surface area contributed by atoms with Crippen molar-refractivity contribution >= 4 is 52.0 Å². The highest BCUT2D eigenvalue weighted by Crippen LogP contribution is 2.40. The number of allylic oxidation sites excluding steroid dienone is 1. The van der Waals surface area contributed by atoms with E-state index in [0.717, 1.165) is 5.56 Å². The third kappa shape index (κ3) is 6.03. The van der Waals surface area contributed by atoms with Crippen LogP contribution in [0.3, 0.4) is 0 Å². The normalized spacial score (nSPS) is 10.7. The Balaban J connectivity index is 1.73. The monoisotopic (exact) mass is 502 g/mol. The Morgan fingerprint density at radius 1 is 1.06 bits per heavy atom. The molecule has 0 saturated heterocycles. The van der Waals surface area contributed by atoms with Crippen molar-refractivity contribution in [3.63, 3.8) is 0 Å². The van der Waals surface area contributed by atoms with Gasteiger partial charge in [-0.2, -0.15) is 0 Å². The Labute approximate surface area is 207 Å². The van der Waals surface area contributed by atoms with E-state index in [-0.39, 0.29) is 5.91 Å². The van der Waals surface area contributed by atoms with Gasteiger partial charge in [0.15, 0.2) is 11.5 Å². The molecule has 3 aromatic rings. The number of pyridine rings is 1. The number of ether oxygens (including phenoxy) is 3. The fourth-order valence-corrected chi connectivity index (χ4v) is 3.48. The molecule has 0 aliphatic carbocycles. The number of nitrogens with two attached hydrogens (primary N) is 1. The van der Waals surface area contributed by atoms with Gasteiger partial charge in [0.2, 0.25) is 11.7 Å². The SMILES string of the molecule is COc1cc(Nc2ncccc2C/C=C/C(=O)Nc2cc(Cl)c(Cl)cc2N)cc(OC)c1OC. The van der Waals surface area contributed by atoms with E-state index in [0.29, 0.717) is 56.6 Å². The van der Waals surface area contributed by atoms with Crippen LogP contribution < -0.4 is 30.6 Å². The summed E-state index contributed by atoms with van der Waals surface area (Å²) >= 11 is 11.9. The van der Waals surface area contributed by atoms with E-state index in [9.17, 15) is 4.79 Å². The molecule has 0 aliphatic rings. The topological polar surface area (TPSA) is 108 Å².